The van der Waals surface area contributed by atoms with Gasteiger partial charge in [-0.1, -0.05) is 12.1 Å². The van der Waals surface area contributed by atoms with E-state index in [0.29, 0.717) is 13.2 Å². The third-order valence-corrected chi connectivity index (χ3v) is 5.38. The second-order valence-corrected chi connectivity index (χ2v) is 7.57. The number of imidazole rings is 1. The quantitative estimate of drug-likeness (QED) is 0.702. The topological polar surface area (TPSA) is 68.2 Å². The number of methoxy groups -OCH3 is 1. The number of nitrogens with zero attached hydrogens (tertiary/aromatic N) is 2. The van der Waals surface area contributed by atoms with E-state index in [9.17, 15) is 4.79 Å². The lowest BCUT2D eigenvalue weighted by Crippen LogP contribution is -2.44. The molecule has 2 aromatic rings. The fourth-order valence-electron chi connectivity index (χ4n) is 3.89. The highest BCUT2D eigenvalue weighted by atomic mass is 35.5. The summed E-state index contributed by atoms with van der Waals surface area (Å²) in [5, 5.41) is 6.56. The van der Waals surface area contributed by atoms with Crippen molar-refractivity contribution in [3.05, 3.63) is 30.1 Å². The minimum absolute atomic E-state index is 0. The Bertz CT molecular complexity index is 773. The molecule has 28 heavy (non-hydrogen) atoms. The van der Waals surface area contributed by atoms with E-state index in [1.54, 1.807) is 7.11 Å². The molecule has 1 amide bonds. The van der Waals surface area contributed by atoms with Crippen molar-refractivity contribution in [2.45, 2.75) is 45.7 Å². The van der Waals surface area contributed by atoms with E-state index in [1.807, 2.05) is 25.1 Å². The Morgan fingerprint density at radius 1 is 1.32 bits per heavy atom. The molecule has 2 N–H and O–H groups in total. The molecular weight excluding hydrogens is 399 g/mol. The van der Waals surface area contributed by atoms with Crippen molar-refractivity contribution in [3.63, 3.8) is 0 Å². The largest absolute Gasteiger partial charge is 0.385 e. The summed E-state index contributed by atoms with van der Waals surface area (Å²) in [5.41, 5.74) is 1.68. The van der Waals surface area contributed by atoms with Crippen molar-refractivity contribution in [1.29, 1.82) is 0 Å². The van der Waals surface area contributed by atoms with Gasteiger partial charge in [0.15, 0.2) is 0 Å². The maximum atomic E-state index is 13.1. The van der Waals surface area contributed by atoms with Crippen LogP contribution in [-0.2, 0) is 9.53 Å². The molecule has 158 valence electrons. The van der Waals surface area contributed by atoms with Crippen molar-refractivity contribution >= 4 is 41.8 Å². The van der Waals surface area contributed by atoms with Crippen LogP contribution >= 0.6 is 24.8 Å². The highest BCUT2D eigenvalue weighted by Crippen LogP contribution is 2.32. The number of para-hydroxylation sites is 2. The molecule has 1 aromatic carbocycles. The summed E-state index contributed by atoms with van der Waals surface area (Å²) in [6.45, 7) is 8.48. The molecule has 2 atom stereocenters. The summed E-state index contributed by atoms with van der Waals surface area (Å²) < 4.78 is 7.45. The Morgan fingerprint density at radius 2 is 2.04 bits per heavy atom. The third-order valence-electron chi connectivity index (χ3n) is 5.38. The number of hydrogen-bond donors (Lipinski definition) is 2. The monoisotopic (exact) mass is 430 g/mol. The number of fused-ring (bicyclic) bond motifs is 1. The number of amides is 1. The average Bonchev–Trinajstić information content (AvgIpc) is 3.25. The van der Waals surface area contributed by atoms with Crippen molar-refractivity contribution in [3.8, 4) is 0 Å². The van der Waals surface area contributed by atoms with Crippen molar-refractivity contribution < 1.29 is 9.53 Å². The maximum Gasteiger partial charge on any atom is 0.228 e. The molecule has 3 rings (SSSR count). The Morgan fingerprint density at radius 3 is 2.64 bits per heavy atom. The zero-order valence-corrected chi connectivity index (χ0v) is 18.7. The summed E-state index contributed by atoms with van der Waals surface area (Å²) in [5.74, 6) is 0.997. The van der Waals surface area contributed by atoms with Gasteiger partial charge >= 0.3 is 0 Å². The van der Waals surface area contributed by atoms with Gasteiger partial charge in [0, 0.05) is 26.3 Å². The zero-order chi connectivity index (χ0) is 18.7. The van der Waals surface area contributed by atoms with Gasteiger partial charge in [-0.25, -0.2) is 4.98 Å². The van der Waals surface area contributed by atoms with Crippen molar-refractivity contribution in [1.82, 2.24) is 20.2 Å². The van der Waals surface area contributed by atoms with Crippen LogP contribution < -0.4 is 10.6 Å². The fourth-order valence-corrected chi connectivity index (χ4v) is 3.89. The van der Waals surface area contributed by atoms with Gasteiger partial charge in [0.2, 0.25) is 5.91 Å². The van der Waals surface area contributed by atoms with E-state index < -0.39 is 0 Å². The first-order valence-electron chi connectivity index (χ1n) is 9.46. The van der Waals surface area contributed by atoms with Crippen LogP contribution in [0.15, 0.2) is 24.3 Å². The number of rotatable bonds is 7. The van der Waals surface area contributed by atoms with Crippen LogP contribution in [0, 0.1) is 5.41 Å². The van der Waals surface area contributed by atoms with E-state index in [1.165, 1.54) is 0 Å². The minimum Gasteiger partial charge on any atom is -0.385 e. The highest BCUT2D eigenvalue weighted by Gasteiger charge is 2.41. The second kappa shape index (κ2) is 10.4. The zero-order valence-electron chi connectivity index (χ0n) is 17.0. The molecule has 8 heteroatoms. The first-order valence-corrected chi connectivity index (χ1v) is 9.46. The molecule has 0 spiro atoms. The molecule has 1 aromatic heterocycles. The number of aromatic nitrogens is 2. The van der Waals surface area contributed by atoms with Gasteiger partial charge in [0.05, 0.1) is 22.5 Å². The van der Waals surface area contributed by atoms with Gasteiger partial charge in [0.1, 0.15) is 5.82 Å². The maximum absolute atomic E-state index is 13.1. The second-order valence-electron chi connectivity index (χ2n) is 7.57. The summed E-state index contributed by atoms with van der Waals surface area (Å²) in [6, 6.07) is 8.25. The van der Waals surface area contributed by atoms with Crippen LogP contribution in [0.25, 0.3) is 11.0 Å². The third kappa shape index (κ3) is 4.79. The van der Waals surface area contributed by atoms with Crippen molar-refractivity contribution in [2.75, 3.05) is 26.8 Å². The minimum atomic E-state index is -0.390. The van der Waals surface area contributed by atoms with Gasteiger partial charge in [-0.2, -0.15) is 0 Å². The predicted octanol–water partition coefficient (Wildman–Crippen LogP) is 3.65. The average molecular weight is 431 g/mol. The summed E-state index contributed by atoms with van der Waals surface area (Å²) in [4.78, 5) is 17.9. The molecule has 0 bridgehead atoms. The molecule has 1 aliphatic rings. The fraction of sp³-hybridized carbons (Fsp3) is 0.600. The van der Waals surface area contributed by atoms with Gasteiger partial charge in [-0.3, -0.25) is 4.79 Å². The van der Waals surface area contributed by atoms with Crippen LogP contribution in [0.5, 0.6) is 0 Å². The Balaban J connectivity index is 0.00000196. The normalized spacial score (nSPS) is 19.9. The van der Waals surface area contributed by atoms with Crippen LogP contribution in [-0.4, -0.2) is 42.3 Å². The van der Waals surface area contributed by atoms with E-state index in [4.69, 9.17) is 9.72 Å². The molecule has 0 saturated carbocycles. The van der Waals surface area contributed by atoms with Crippen molar-refractivity contribution in [2.24, 2.45) is 5.41 Å². The number of carbonyl (C=O) groups is 1. The highest BCUT2D eigenvalue weighted by molar-refractivity contribution is 5.86. The molecule has 0 aliphatic carbocycles. The standard InChI is InChI=1S/C20H30N4O2.2ClH/c1-14(2)24-17-8-6-5-7-16(17)23-18(24)15(3)22-19(25)20(10-12-26-4)9-11-21-13-20;;/h5-8,14-15,21H,9-13H2,1-4H3,(H,22,25);2*1H. The number of hydrogen-bond acceptors (Lipinski definition) is 4. The molecule has 0 radical (unpaired) electrons. The smallest absolute Gasteiger partial charge is 0.228 e. The van der Waals surface area contributed by atoms with E-state index in [-0.39, 0.29) is 48.2 Å². The first kappa shape index (κ1) is 24.7. The van der Waals surface area contributed by atoms with Crippen LogP contribution in [0.2, 0.25) is 0 Å². The lowest BCUT2D eigenvalue weighted by atomic mass is 9.82. The lowest BCUT2D eigenvalue weighted by Gasteiger charge is -2.29. The summed E-state index contributed by atoms with van der Waals surface area (Å²) in [6.07, 6.45) is 1.57. The molecule has 6 nitrogen and oxygen atoms in total. The van der Waals surface area contributed by atoms with Crippen LogP contribution in [0.3, 0.4) is 0 Å². The molecule has 1 aliphatic heterocycles. The molecular formula is C20H32Cl2N4O2. The molecule has 1 saturated heterocycles. The molecule has 1 fully saturated rings. The van der Waals surface area contributed by atoms with Crippen LogP contribution in [0.4, 0.5) is 0 Å². The SMILES string of the molecule is COCCC1(C(=O)NC(C)c2nc3ccccc3n2C(C)C)CCNC1.Cl.Cl. The Labute approximate surface area is 179 Å². The van der Waals surface area contributed by atoms with Crippen LogP contribution in [0.1, 0.15) is 51.5 Å². The lowest BCUT2D eigenvalue weighted by molar-refractivity contribution is -0.131. The summed E-state index contributed by atoms with van der Waals surface area (Å²) in [7, 11) is 1.68. The number of ether oxygens (including phenoxy) is 1. The Kier molecular flexibility index (Phi) is 9.21. The summed E-state index contributed by atoms with van der Waals surface area (Å²) >= 11 is 0. The van der Waals surface area contributed by atoms with Gasteiger partial charge in [-0.05, 0) is 52.3 Å². The predicted molar refractivity (Wildman–Crippen MR) is 118 cm³/mol. The van der Waals surface area contributed by atoms with E-state index in [0.717, 1.165) is 36.2 Å². The number of carbonyl (C=O) groups excluding carboxylic acids is 1. The first-order chi connectivity index (χ1) is 12.5. The molecule has 2 heterocycles. The number of nitrogens with one attached hydrogen (secondary N) is 2. The molecule has 2 unspecified atom stereocenters. The van der Waals surface area contributed by atoms with E-state index in [2.05, 4.69) is 35.1 Å². The van der Waals surface area contributed by atoms with Gasteiger partial charge < -0.3 is 19.9 Å². The van der Waals surface area contributed by atoms with Gasteiger partial charge in [-0.15, -0.1) is 24.8 Å². The Hall–Kier alpha value is -1.34. The number of benzene rings is 1. The van der Waals surface area contributed by atoms with E-state index >= 15 is 0 Å². The van der Waals surface area contributed by atoms with Gasteiger partial charge in [0.25, 0.3) is 0 Å². The number of halogens is 2.